The van der Waals surface area contributed by atoms with E-state index in [1.807, 2.05) is 0 Å². The predicted molar refractivity (Wildman–Crippen MR) is 116 cm³/mol. The van der Waals surface area contributed by atoms with Crippen molar-refractivity contribution >= 4 is 39.1 Å². The van der Waals surface area contributed by atoms with E-state index < -0.39 is 27.7 Å². The minimum atomic E-state index is -3.78. The Bertz CT molecular complexity index is 1050. The number of anilines is 1. The zero-order valence-corrected chi connectivity index (χ0v) is 18.3. The number of benzene rings is 2. The number of hydrogen-bond acceptors (Lipinski definition) is 4. The van der Waals surface area contributed by atoms with Crippen LogP contribution in [0.2, 0.25) is 5.02 Å². The number of nitrogens with one attached hydrogen (secondary N) is 2. The molecule has 0 radical (unpaired) electrons. The number of rotatable bonds is 6. The number of sulfonamides is 1. The van der Waals surface area contributed by atoms with E-state index in [1.165, 1.54) is 22.5 Å². The molecule has 0 saturated carbocycles. The molecule has 3 rings (SSSR count). The molecule has 2 aromatic carbocycles. The highest BCUT2D eigenvalue weighted by Gasteiger charge is 2.33. The van der Waals surface area contributed by atoms with Gasteiger partial charge >= 0.3 is 11.8 Å². The summed E-state index contributed by atoms with van der Waals surface area (Å²) in [4.78, 5) is 24.2. The zero-order chi connectivity index (χ0) is 22.4. The van der Waals surface area contributed by atoms with Crippen LogP contribution < -0.4 is 10.6 Å². The maximum absolute atomic E-state index is 13.2. The Morgan fingerprint density at radius 3 is 2.55 bits per heavy atom. The lowest BCUT2D eigenvalue weighted by atomic mass is 10.0. The first-order chi connectivity index (χ1) is 14.8. The molecule has 0 aromatic heterocycles. The van der Waals surface area contributed by atoms with Crippen LogP contribution in [-0.2, 0) is 19.6 Å². The average Bonchev–Trinajstić information content (AvgIpc) is 2.74. The van der Waals surface area contributed by atoms with Crippen LogP contribution in [0.3, 0.4) is 0 Å². The SMILES string of the molecule is O=C(NCCC1CCCCN1S(=O)(=O)c1ccc(F)cc1)C(=O)Nc1cccc(Cl)c1. The summed E-state index contributed by atoms with van der Waals surface area (Å²) >= 11 is 5.86. The lowest BCUT2D eigenvalue weighted by molar-refractivity contribution is -0.136. The number of amides is 2. The molecule has 2 N–H and O–H groups in total. The summed E-state index contributed by atoms with van der Waals surface area (Å²) in [7, 11) is -3.78. The van der Waals surface area contributed by atoms with Gasteiger partial charge in [0.05, 0.1) is 4.90 Å². The Balaban J connectivity index is 1.57. The standard InChI is InChI=1S/C21H23ClFN3O4S/c22-15-4-3-5-17(14-15)25-21(28)20(27)24-12-11-18-6-1-2-13-26(18)31(29,30)19-9-7-16(23)8-10-19/h3-5,7-10,14,18H,1-2,6,11-13H2,(H,24,27)(H,25,28). The van der Waals surface area contributed by atoms with E-state index in [1.54, 1.807) is 18.2 Å². The van der Waals surface area contributed by atoms with E-state index >= 15 is 0 Å². The quantitative estimate of drug-likeness (QED) is 0.638. The van der Waals surface area contributed by atoms with Crippen molar-refractivity contribution < 1.29 is 22.4 Å². The second-order valence-electron chi connectivity index (χ2n) is 7.23. The van der Waals surface area contributed by atoms with Crippen molar-refractivity contribution in [2.75, 3.05) is 18.4 Å². The van der Waals surface area contributed by atoms with Crippen molar-refractivity contribution in [1.82, 2.24) is 9.62 Å². The van der Waals surface area contributed by atoms with Crippen LogP contribution in [0.4, 0.5) is 10.1 Å². The number of carbonyl (C=O) groups is 2. The summed E-state index contributed by atoms with van der Waals surface area (Å²) in [5, 5.41) is 5.42. The largest absolute Gasteiger partial charge is 0.348 e. The first-order valence-electron chi connectivity index (χ1n) is 9.89. The van der Waals surface area contributed by atoms with Gasteiger partial charge in [-0.05, 0) is 61.7 Å². The van der Waals surface area contributed by atoms with Crippen LogP contribution in [0.1, 0.15) is 25.7 Å². The summed E-state index contributed by atoms with van der Waals surface area (Å²) in [6, 6.07) is 10.8. The fourth-order valence-electron chi connectivity index (χ4n) is 3.51. The molecule has 166 valence electrons. The lowest BCUT2D eigenvalue weighted by Gasteiger charge is -2.34. The normalized spacial score (nSPS) is 17.2. The van der Waals surface area contributed by atoms with E-state index in [4.69, 9.17) is 11.6 Å². The van der Waals surface area contributed by atoms with Gasteiger partial charge in [0.2, 0.25) is 10.0 Å². The van der Waals surface area contributed by atoms with E-state index in [-0.39, 0.29) is 17.5 Å². The molecule has 1 aliphatic heterocycles. The van der Waals surface area contributed by atoms with Crippen LogP contribution in [-0.4, -0.2) is 43.7 Å². The molecular formula is C21H23ClFN3O4S. The van der Waals surface area contributed by atoms with Crippen molar-refractivity contribution in [1.29, 1.82) is 0 Å². The Labute approximate surface area is 185 Å². The molecule has 1 atom stereocenters. The monoisotopic (exact) mass is 467 g/mol. The van der Waals surface area contributed by atoms with Crippen LogP contribution in [0.15, 0.2) is 53.4 Å². The molecule has 0 bridgehead atoms. The summed E-state index contributed by atoms with van der Waals surface area (Å²) in [6.07, 6.45) is 2.59. The van der Waals surface area contributed by atoms with Gasteiger partial charge in [-0.15, -0.1) is 0 Å². The third kappa shape index (κ3) is 6.03. The molecular weight excluding hydrogens is 445 g/mol. The highest BCUT2D eigenvalue weighted by atomic mass is 35.5. The Morgan fingerprint density at radius 2 is 1.84 bits per heavy atom. The maximum atomic E-state index is 13.2. The van der Waals surface area contributed by atoms with Gasteiger partial charge in [-0.25, -0.2) is 12.8 Å². The molecule has 0 spiro atoms. The Hall–Kier alpha value is -2.49. The van der Waals surface area contributed by atoms with Crippen molar-refractivity contribution in [2.24, 2.45) is 0 Å². The van der Waals surface area contributed by atoms with Crippen LogP contribution in [0.5, 0.6) is 0 Å². The average molecular weight is 468 g/mol. The van der Waals surface area contributed by atoms with Gasteiger partial charge in [-0.3, -0.25) is 9.59 Å². The maximum Gasteiger partial charge on any atom is 0.313 e. The van der Waals surface area contributed by atoms with Crippen LogP contribution >= 0.6 is 11.6 Å². The van der Waals surface area contributed by atoms with Gasteiger partial charge in [0.15, 0.2) is 0 Å². The number of halogens is 2. The van der Waals surface area contributed by atoms with Crippen molar-refractivity contribution in [3.8, 4) is 0 Å². The van der Waals surface area contributed by atoms with Crippen molar-refractivity contribution in [2.45, 2.75) is 36.6 Å². The highest BCUT2D eigenvalue weighted by molar-refractivity contribution is 7.89. The summed E-state index contributed by atoms with van der Waals surface area (Å²) < 4.78 is 40.5. The fourth-order valence-corrected chi connectivity index (χ4v) is 5.42. The summed E-state index contributed by atoms with van der Waals surface area (Å²) in [5.41, 5.74) is 0.400. The van der Waals surface area contributed by atoms with E-state index in [2.05, 4.69) is 10.6 Å². The number of nitrogens with zero attached hydrogens (tertiary/aromatic N) is 1. The summed E-state index contributed by atoms with van der Waals surface area (Å²) in [5.74, 6) is -2.15. The van der Waals surface area contributed by atoms with Gasteiger partial charge in [0.25, 0.3) is 0 Å². The van der Waals surface area contributed by atoms with E-state index in [0.29, 0.717) is 30.1 Å². The third-order valence-corrected chi connectivity index (χ3v) is 7.25. The fraction of sp³-hybridized carbons (Fsp3) is 0.333. The third-order valence-electron chi connectivity index (χ3n) is 5.05. The second-order valence-corrected chi connectivity index (χ2v) is 9.56. The minimum absolute atomic E-state index is 0.0331. The van der Waals surface area contributed by atoms with Crippen LogP contribution in [0.25, 0.3) is 0 Å². The van der Waals surface area contributed by atoms with Crippen molar-refractivity contribution in [3.63, 3.8) is 0 Å². The van der Waals surface area contributed by atoms with E-state index in [9.17, 15) is 22.4 Å². The molecule has 1 heterocycles. The van der Waals surface area contributed by atoms with Gasteiger partial charge in [0.1, 0.15) is 5.82 Å². The smallest absolute Gasteiger partial charge is 0.313 e. The van der Waals surface area contributed by atoms with Crippen LogP contribution in [0, 0.1) is 5.82 Å². The van der Waals surface area contributed by atoms with E-state index in [0.717, 1.165) is 25.0 Å². The molecule has 1 unspecified atom stereocenters. The number of hydrogen-bond donors (Lipinski definition) is 2. The molecule has 10 heteroatoms. The first-order valence-corrected chi connectivity index (χ1v) is 11.7. The second kappa shape index (κ2) is 10.2. The Kier molecular flexibility index (Phi) is 7.64. The Morgan fingerprint density at radius 1 is 1.10 bits per heavy atom. The topological polar surface area (TPSA) is 95.6 Å². The molecule has 1 saturated heterocycles. The lowest BCUT2D eigenvalue weighted by Crippen LogP contribution is -2.45. The molecule has 1 fully saturated rings. The molecule has 7 nitrogen and oxygen atoms in total. The van der Waals surface area contributed by atoms with Crippen molar-refractivity contribution in [3.05, 3.63) is 59.4 Å². The molecule has 31 heavy (non-hydrogen) atoms. The zero-order valence-electron chi connectivity index (χ0n) is 16.7. The molecule has 0 aliphatic carbocycles. The van der Waals surface area contributed by atoms with Gasteiger partial charge in [-0.1, -0.05) is 24.1 Å². The predicted octanol–water partition coefficient (Wildman–Crippen LogP) is 3.17. The van der Waals surface area contributed by atoms with Gasteiger partial charge in [0, 0.05) is 29.8 Å². The molecule has 1 aliphatic rings. The molecule has 2 aromatic rings. The summed E-state index contributed by atoms with van der Waals surface area (Å²) in [6.45, 7) is 0.496. The number of piperidine rings is 1. The molecule has 2 amide bonds. The van der Waals surface area contributed by atoms with Gasteiger partial charge in [-0.2, -0.15) is 4.31 Å². The minimum Gasteiger partial charge on any atom is -0.348 e. The highest BCUT2D eigenvalue weighted by Crippen LogP contribution is 2.27. The first kappa shape index (κ1) is 23.2. The van der Waals surface area contributed by atoms with Gasteiger partial charge < -0.3 is 10.6 Å². The number of carbonyl (C=O) groups excluding carboxylic acids is 2.